The van der Waals surface area contributed by atoms with Gasteiger partial charge in [-0.15, -0.1) is 0 Å². The first kappa shape index (κ1) is 13.2. The summed E-state index contributed by atoms with van der Waals surface area (Å²) in [5.41, 5.74) is 1.47. The summed E-state index contributed by atoms with van der Waals surface area (Å²) in [7, 11) is 0. The van der Waals surface area contributed by atoms with Gasteiger partial charge in [0.1, 0.15) is 0 Å². The average Bonchev–Trinajstić information content (AvgIpc) is 2.49. The molecule has 0 aliphatic heterocycles. The normalized spacial score (nSPS) is 11.2. The fourth-order valence-corrected chi connectivity index (χ4v) is 2.83. The monoisotopic (exact) mass is 261 g/mol. The van der Waals surface area contributed by atoms with Crippen molar-refractivity contribution in [2.24, 2.45) is 0 Å². The summed E-state index contributed by atoms with van der Waals surface area (Å²) < 4.78 is 0. The summed E-state index contributed by atoms with van der Waals surface area (Å²) in [5, 5.41) is 5.15. The van der Waals surface area contributed by atoms with E-state index in [-0.39, 0.29) is 0 Å². The molecule has 0 bridgehead atoms. The molecule has 0 saturated heterocycles. The number of unbranched alkanes of at least 4 members (excludes halogenated alkanes) is 3. The Kier molecular flexibility index (Phi) is 4.01. The Hall–Kier alpha value is -1.82. The molecule has 3 aromatic carbocycles. The fraction of sp³-hybridized carbons (Fsp3) is 0.300. The zero-order valence-electron chi connectivity index (χ0n) is 12.2. The Morgan fingerprint density at radius 1 is 0.850 bits per heavy atom. The van der Waals surface area contributed by atoms with Crippen molar-refractivity contribution in [3.8, 4) is 0 Å². The van der Waals surface area contributed by atoms with E-state index in [0.717, 1.165) is 0 Å². The van der Waals surface area contributed by atoms with Gasteiger partial charge in [-0.3, -0.25) is 0 Å². The van der Waals surface area contributed by atoms with E-state index in [4.69, 9.17) is 0 Å². The van der Waals surface area contributed by atoms with Crippen LogP contribution in [0, 0.1) is 6.07 Å². The minimum Gasteiger partial charge on any atom is -0.0654 e. The highest BCUT2D eigenvalue weighted by molar-refractivity contribution is 5.98. The molecule has 3 aromatic rings. The highest BCUT2D eigenvalue weighted by Crippen LogP contribution is 2.24. The summed E-state index contributed by atoms with van der Waals surface area (Å²) in [6.07, 6.45) is 6.52. The van der Waals surface area contributed by atoms with Crippen molar-refractivity contribution in [3.05, 3.63) is 60.2 Å². The van der Waals surface area contributed by atoms with Crippen LogP contribution in [-0.4, -0.2) is 0 Å². The van der Waals surface area contributed by atoms with Crippen molar-refractivity contribution < 1.29 is 0 Å². The van der Waals surface area contributed by atoms with Crippen LogP contribution in [0.4, 0.5) is 0 Å². The average molecular weight is 261 g/mol. The van der Waals surface area contributed by atoms with Crippen molar-refractivity contribution in [2.75, 3.05) is 0 Å². The number of aryl methyl sites for hydroxylation is 1. The molecule has 0 heterocycles. The molecule has 0 aromatic heterocycles. The summed E-state index contributed by atoms with van der Waals surface area (Å²) in [6.45, 7) is 2.26. The molecular weight excluding hydrogens is 240 g/mol. The molecule has 20 heavy (non-hydrogen) atoms. The standard InChI is InChI=1S/C20H21/c1-2-3-4-5-8-16-11-12-19-14-17-9-6-7-10-18(17)15-20(19)13-16/h6-7,10-15H,2-5,8H2,1H3. The third-order valence-electron chi connectivity index (χ3n) is 4.00. The quantitative estimate of drug-likeness (QED) is 0.395. The Morgan fingerprint density at radius 3 is 2.70 bits per heavy atom. The van der Waals surface area contributed by atoms with Gasteiger partial charge >= 0.3 is 0 Å². The second-order valence-corrected chi connectivity index (χ2v) is 5.60. The minimum atomic E-state index is 1.20. The largest absolute Gasteiger partial charge is 0.0654 e. The summed E-state index contributed by atoms with van der Waals surface area (Å²) in [6, 6.07) is 20.9. The zero-order valence-corrected chi connectivity index (χ0v) is 12.2. The molecule has 0 unspecified atom stereocenters. The van der Waals surface area contributed by atoms with Gasteiger partial charge in [-0.25, -0.2) is 0 Å². The van der Waals surface area contributed by atoms with Gasteiger partial charge < -0.3 is 0 Å². The van der Waals surface area contributed by atoms with Crippen molar-refractivity contribution >= 4 is 21.5 Å². The van der Waals surface area contributed by atoms with Gasteiger partial charge in [0.05, 0.1) is 0 Å². The maximum Gasteiger partial charge on any atom is -0.00988 e. The first-order chi connectivity index (χ1) is 9.86. The molecule has 0 saturated carbocycles. The maximum atomic E-state index is 3.31. The van der Waals surface area contributed by atoms with E-state index in [1.54, 1.807) is 0 Å². The Balaban J connectivity index is 1.88. The number of rotatable bonds is 5. The minimum absolute atomic E-state index is 1.20. The lowest BCUT2D eigenvalue weighted by atomic mass is 9.99. The predicted molar refractivity (Wildman–Crippen MR) is 88.1 cm³/mol. The first-order valence-electron chi connectivity index (χ1n) is 7.70. The molecule has 0 N–H and O–H groups in total. The lowest BCUT2D eigenvalue weighted by molar-refractivity contribution is 0.667. The lowest BCUT2D eigenvalue weighted by Gasteiger charge is -2.06. The molecule has 0 amide bonds. The van der Waals surface area contributed by atoms with E-state index in [1.807, 2.05) is 6.07 Å². The molecule has 0 aliphatic carbocycles. The second-order valence-electron chi connectivity index (χ2n) is 5.60. The molecule has 3 rings (SSSR count). The van der Waals surface area contributed by atoms with E-state index in [0.29, 0.717) is 0 Å². The first-order valence-corrected chi connectivity index (χ1v) is 7.70. The van der Waals surface area contributed by atoms with E-state index in [1.165, 1.54) is 59.2 Å². The third-order valence-corrected chi connectivity index (χ3v) is 4.00. The van der Waals surface area contributed by atoms with Gasteiger partial charge in [-0.2, -0.15) is 0 Å². The Morgan fingerprint density at radius 2 is 1.80 bits per heavy atom. The third kappa shape index (κ3) is 2.85. The fourth-order valence-electron chi connectivity index (χ4n) is 2.83. The van der Waals surface area contributed by atoms with Crippen molar-refractivity contribution in [3.63, 3.8) is 0 Å². The van der Waals surface area contributed by atoms with Crippen LogP contribution in [-0.2, 0) is 6.42 Å². The Bertz CT molecular complexity index is 709. The van der Waals surface area contributed by atoms with Crippen LogP contribution < -0.4 is 0 Å². The summed E-state index contributed by atoms with van der Waals surface area (Å²) >= 11 is 0. The van der Waals surface area contributed by atoms with Crippen molar-refractivity contribution in [1.82, 2.24) is 0 Å². The lowest BCUT2D eigenvalue weighted by Crippen LogP contribution is -1.86. The molecule has 0 spiro atoms. The molecule has 1 radical (unpaired) electrons. The van der Waals surface area contributed by atoms with Crippen LogP contribution in [0.3, 0.4) is 0 Å². The number of hydrogen-bond donors (Lipinski definition) is 0. The smallest absolute Gasteiger partial charge is 0.00988 e. The summed E-state index contributed by atoms with van der Waals surface area (Å²) in [4.78, 5) is 0. The number of fused-ring (bicyclic) bond motifs is 2. The SMILES string of the molecule is CCCCCCc1ccc2cc3[c]cccc3cc2c1. The van der Waals surface area contributed by atoms with Crippen LogP contribution in [0.1, 0.15) is 38.2 Å². The van der Waals surface area contributed by atoms with E-state index in [9.17, 15) is 0 Å². The highest BCUT2D eigenvalue weighted by Gasteiger charge is 2.00. The zero-order chi connectivity index (χ0) is 13.8. The second kappa shape index (κ2) is 6.09. The van der Waals surface area contributed by atoms with Crippen molar-refractivity contribution in [2.45, 2.75) is 39.0 Å². The predicted octanol–water partition coefficient (Wildman–Crippen LogP) is 5.92. The number of hydrogen-bond acceptors (Lipinski definition) is 0. The highest BCUT2D eigenvalue weighted by atomic mass is 14.0. The van der Waals surface area contributed by atoms with Gasteiger partial charge in [0.2, 0.25) is 0 Å². The van der Waals surface area contributed by atoms with Gasteiger partial charge in [-0.1, -0.05) is 62.6 Å². The van der Waals surface area contributed by atoms with Crippen LogP contribution in [0.2, 0.25) is 0 Å². The molecular formula is C20H21. The van der Waals surface area contributed by atoms with Gasteiger partial charge in [-0.05, 0) is 58.1 Å². The molecule has 0 aliphatic rings. The molecule has 0 nitrogen and oxygen atoms in total. The van der Waals surface area contributed by atoms with E-state index in [2.05, 4.69) is 55.5 Å². The topological polar surface area (TPSA) is 0 Å². The summed E-state index contributed by atoms with van der Waals surface area (Å²) in [5.74, 6) is 0. The van der Waals surface area contributed by atoms with Crippen LogP contribution in [0.15, 0.2) is 48.5 Å². The van der Waals surface area contributed by atoms with Crippen LogP contribution in [0.5, 0.6) is 0 Å². The van der Waals surface area contributed by atoms with Crippen molar-refractivity contribution in [1.29, 1.82) is 0 Å². The maximum absolute atomic E-state index is 3.31. The van der Waals surface area contributed by atoms with Crippen LogP contribution in [0.25, 0.3) is 21.5 Å². The molecule has 0 atom stereocenters. The van der Waals surface area contributed by atoms with Crippen LogP contribution >= 0.6 is 0 Å². The molecule has 0 fully saturated rings. The van der Waals surface area contributed by atoms with E-state index < -0.39 is 0 Å². The van der Waals surface area contributed by atoms with Gasteiger partial charge in [0, 0.05) is 0 Å². The molecule has 101 valence electrons. The van der Waals surface area contributed by atoms with Gasteiger partial charge in [0.25, 0.3) is 0 Å². The number of benzene rings is 3. The molecule has 0 heteroatoms. The van der Waals surface area contributed by atoms with Gasteiger partial charge in [0.15, 0.2) is 0 Å². The Labute approximate surface area is 121 Å². The van der Waals surface area contributed by atoms with E-state index >= 15 is 0 Å².